The Morgan fingerprint density at radius 2 is 2.00 bits per heavy atom. The number of piperidine rings is 1. The largest absolute Gasteiger partial charge is 0.395 e. The van der Waals surface area contributed by atoms with Gasteiger partial charge in [-0.3, -0.25) is 9.88 Å². The van der Waals surface area contributed by atoms with E-state index in [0.717, 1.165) is 32.2 Å². The quantitative estimate of drug-likeness (QED) is 0.882. The molecule has 2 saturated heterocycles. The molecule has 0 aromatic carbocycles. The average Bonchev–Trinajstić information content (AvgIpc) is 3.04. The molecule has 0 radical (unpaired) electrons. The Kier molecular flexibility index (Phi) is 4.77. The second-order valence-electron chi connectivity index (χ2n) is 6.04. The number of hydrogen-bond acceptors (Lipinski definition) is 5. The molecule has 0 spiro atoms. The summed E-state index contributed by atoms with van der Waals surface area (Å²) in [7, 11) is -3.43. The summed E-state index contributed by atoms with van der Waals surface area (Å²) in [5.74, 6) is 0. The number of nitrogens with zero attached hydrogens (tertiary/aromatic N) is 3. The molecule has 1 N–H and O–H groups in total. The van der Waals surface area contributed by atoms with Gasteiger partial charge in [-0.05, 0) is 44.4 Å². The van der Waals surface area contributed by atoms with Gasteiger partial charge in [0.1, 0.15) is 4.90 Å². The fraction of sp³-hybridized carbons (Fsp3) is 0.667. The van der Waals surface area contributed by atoms with Crippen LogP contribution >= 0.6 is 0 Å². The van der Waals surface area contributed by atoms with Gasteiger partial charge >= 0.3 is 0 Å². The van der Waals surface area contributed by atoms with Crippen LogP contribution in [0.15, 0.2) is 29.4 Å². The first-order chi connectivity index (χ1) is 10.6. The van der Waals surface area contributed by atoms with Crippen LogP contribution in [0.5, 0.6) is 0 Å². The molecule has 1 unspecified atom stereocenters. The van der Waals surface area contributed by atoms with Crippen LogP contribution in [0.25, 0.3) is 0 Å². The van der Waals surface area contributed by atoms with Crippen molar-refractivity contribution in [1.82, 2.24) is 14.2 Å². The van der Waals surface area contributed by atoms with E-state index in [2.05, 4.69) is 9.88 Å². The minimum absolute atomic E-state index is 0.203. The van der Waals surface area contributed by atoms with E-state index >= 15 is 0 Å². The Morgan fingerprint density at radius 1 is 1.23 bits per heavy atom. The van der Waals surface area contributed by atoms with E-state index in [1.807, 2.05) is 0 Å². The van der Waals surface area contributed by atoms with E-state index in [9.17, 15) is 13.5 Å². The number of aliphatic hydroxyl groups excluding tert-OH is 1. The lowest BCUT2D eigenvalue weighted by Crippen LogP contribution is -2.48. The number of sulfonamides is 1. The van der Waals surface area contributed by atoms with Gasteiger partial charge in [-0.15, -0.1) is 0 Å². The summed E-state index contributed by atoms with van der Waals surface area (Å²) in [6.45, 7) is 2.30. The van der Waals surface area contributed by atoms with E-state index in [1.165, 1.54) is 6.20 Å². The van der Waals surface area contributed by atoms with Crippen LogP contribution in [0.3, 0.4) is 0 Å². The topological polar surface area (TPSA) is 73.7 Å². The Balaban J connectivity index is 1.64. The Morgan fingerprint density at radius 3 is 2.64 bits per heavy atom. The monoisotopic (exact) mass is 325 g/mol. The summed E-state index contributed by atoms with van der Waals surface area (Å²) < 4.78 is 26.7. The summed E-state index contributed by atoms with van der Waals surface area (Å²) in [4.78, 5) is 6.54. The second-order valence-corrected chi connectivity index (χ2v) is 7.98. The van der Waals surface area contributed by atoms with Crippen LogP contribution in [0.4, 0.5) is 0 Å². The van der Waals surface area contributed by atoms with Crippen molar-refractivity contribution in [1.29, 1.82) is 0 Å². The van der Waals surface area contributed by atoms with Crippen LogP contribution in [0.2, 0.25) is 0 Å². The van der Waals surface area contributed by atoms with Crippen molar-refractivity contribution in [3.63, 3.8) is 0 Å². The predicted octanol–water partition coefficient (Wildman–Crippen LogP) is 0.691. The van der Waals surface area contributed by atoms with Gasteiger partial charge < -0.3 is 5.11 Å². The number of aliphatic hydroxyl groups is 1. The standard InChI is InChI=1S/C15H23N3O3S/c19-12-14-3-2-8-18(14)13-5-9-17(10-6-13)22(20,21)15-4-1-7-16-11-15/h1,4,7,11,13-14,19H,2-3,5-6,8-10,12H2. The zero-order valence-corrected chi connectivity index (χ0v) is 13.5. The van der Waals surface area contributed by atoms with Crippen molar-refractivity contribution < 1.29 is 13.5 Å². The molecule has 22 heavy (non-hydrogen) atoms. The van der Waals surface area contributed by atoms with Gasteiger partial charge in [-0.25, -0.2) is 8.42 Å². The highest BCUT2D eigenvalue weighted by atomic mass is 32.2. The number of rotatable bonds is 4. The third kappa shape index (κ3) is 3.03. The number of hydrogen-bond donors (Lipinski definition) is 1. The molecular formula is C15H23N3O3S. The van der Waals surface area contributed by atoms with Crippen LogP contribution in [-0.2, 0) is 10.0 Å². The molecule has 1 aromatic heterocycles. The molecule has 0 bridgehead atoms. The van der Waals surface area contributed by atoms with Gasteiger partial charge in [0.05, 0.1) is 6.61 Å². The predicted molar refractivity (Wildman–Crippen MR) is 82.8 cm³/mol. The van der Waals surface area contributed by atoms with Crippen molar-refractivity contribution in [3.05, 3.63) is 24.5 Å². The molecule has 0 saturated carbocycles. The van der Waals surface area contributed by atoms with E-state index in [1.54, 1.807) is 22.6 Å². The van der Waals surface area contributed by atoms with E-state index < -0.39 is 10.0 Å². The summed E-state index contributed by atoms with van der Waals surface area (Å²) in [6.07, 6.45) is 6.81. The van der Waals surface area contributed by atoms with Gasteiger partial charge in [0.25, 0.3) is 0 Å². The molecule has 0 amide bonds. The van der Waals surface area contributed by atoms with Crippen molar-refractivity contribution in [2.24, 2.45) is 0 Å². The Labute approximate surface area is 131 Å². The minimum Gasteiger partial charge on any atom is -0.395 e. The molecule has 3 rings (SSSR count). The summed E-state index contributed by atoms with van der Waals surface area (Å²) in [6, 6.07) is 3.89. The van der Waals surface area contributed by atoms with Crippen LogP contribution in [0, 0.1) is 0 Å². The lowest BCUT2D eigenvalue weighted by atomic mass is 10.0. The zero-order valence-electron chi connectivity index (χ0n) is 12.6. The summed E-state index contributed by atoms with van der Waals surface area (Å²) in [5, 5.41) is 9.44. The van der Waals surface area contributed by atoms with Crippen molar-refractivity contribution in [3.8, 4) is 0 Å². The van der Waals surface area contributed by atoms with Crippen LogP contribution in [0.1, 0.15) is 25.7 Å². The maximum absolute atomic E-state index is 12.6. The van der Waals surface area contributed by atoms with Gasteiger partial charge in [-0.1, -0.05) is 0 Å². The molecule has 2 fully saturated rings. The third-order valence-electron chi connectivity index (χ3n) is 4.80. The summed E-state index contributed by atoms with van der Waals surface area (Å²) >= 11 is 0. The number of likely N-dealkylation sites (tertiary alicyclic amines) is 1. The van der Waals surface area contributed by atoms with Crippen molar-refractivity contribution in [2.45, 2.75) is 42.7 Å². The highest BCUT2D eigenvalue weighted by Gasteiger charge is 2.35. The van der Waals surface area contributed by atoms with E-state index in [-0.39, 0.29) is 17.5 Å². The molecule has 6 nitrogen and oxygen atoms in total. The van der Waals surface area contributed by atoms with E-state index in [4.69, 9.17) is 0 Å². The highest BCUT2D eigenvalue weighted by molar-refractivity contribution is 7.89. The SMILES string of the molecule is O=S(=O)(c1cccnc1)N1CCC(N2CCCC2CO)CC1. The van der Waals surface area contributed by atoms with Gasteiger partial charge in [0, 0.05) is 37.6 Å². The zero-order chi connectivity index (χ0) is 15.6. The number of pyridine rings is 1. The van der Waals surface area contributed by atoms with Crippen molar-refractivity contribution in [2.75, 3.05) is 26.2 Å². The Bertz CT molecular complexity index is 585. The van der Waals surface area contributed by atoms with E-state index in [0.29, 0.717) is 19.1 Å². The van der Waals surface area contributed by atoms with Crippen LogP contribution < -0.4 is 0 Å². The lowest BCUT2D eigenvalue weighted by Gasteiger charge is -2.38. The molecule has 7 heteroatoms. The first kappa shape index (κ1) is 15.9. The first-order valence-electron chi connectivity index (χ1n) is 7.89. The fourth-order valence-corrected chi connectivity index (χ4v) is 5.03. The molecule has 1 atom stereocenters. The fourth-order valence-electron chi connectivity index (χ4n) is 3.60. The summed E-state index contributed by atoms with van der Waals surface area (Å²) in [5.41, 5.74) is 0. The molecule has 2 aliphatic rings. The smallest absolute Gasteiger partial charge is 0.244 e. The molecular weight excluding hydrogens is 302 g/mol. The van der Waals surface area contributed by atoms with Crippen molar-refractivity contribution >= 4 is 10.0 Å². The molecule has 0 aliphatic carbocycles. The van der Waals surface area contributed by atoms with Gasteiger partial charge in [0.2, 0.25) is 10.0 Å². The molecule has 3 heterocycles. The molecule has 1 aromatic rings. The third-order valence-corrected chi connectivity index (χ3v) is 6.68. The Hall–Kier alpha value is -1.02. The van der Waals surface area contributed by atoms with Gasteiger partial charge in [-0.2, -0.15) is 4.31 Å². The second kappa shape index (κ2) is 6.62. The first-order valence-corrected chi connectivity index (χ1v) is 9.33. The average molecular weight is 325 g/mol. The lowest BCUT2D eigenvalue weighted by molar-refractivity contribution is 0.0899. The maximum Gasteiger partial charge on any atom is 0.244 e. The van der Waals surface area contributed by atoms with Gasteiger partial charge in [0.15, 0.2) is 0 Å². The highest BCUT2D eigenvalue weighted by Crippen LogP contribution is 2.27. The number of aromatic nitrogens is 1. The maximum atomic E-state index is 12.6. The minimum atomic E-state index is -3.43. The molecule has 122 valence electrons. The van der Waals surface area contributed by atoms with Crippen LogP contribution in [-0.4, -0.2) is 66.0 Å². The normalized spacial score (nSPS) is 25.6. The molecule has 2 aliphatic heterocycles.